The number of fused-ring (bicyclic) bond motifs is 5. The summed E-state index contributed by atoms with van der Waals surface area (Å²) in [6.45, 7) is 6.25. The molecule has 5 heteroatoms. The molecule has 4 saturated carbocycles. The Morgan fingerprint density at radius 1 is 1.03 bits per heavy atom. The molecule has 0 aliphatic heterocycles. The van der Waals surface area contributed by atoms with Crippen LogP contribution in [0.15, 0.2) is 5.16 Å². The normalized spacial score (nSPS) is 49.7. The lowest BCUT2D eigenvalue weighted by atomic mass is 9.43. The second-order valence-corrected chi connectivity index (χ2v) is 11.3. The second kappa shape index (κ2) is 7.80. The van der Waals surface area contributed by atoms with E-state index in [1.165, 1.54) is 12.8 Å². The van der Waals surface area contributed by atoms with Crippen molar-refractivity contribution in [2.24, 2.45) is 39.7 Å². The van der Waals surface area contributed by atoms with E-state index in [4.69, 9.17) is 4.84 Å². The Morgan fingerprint density at radius 3 is 2.59 bits per heavy atom. The predicted molar refractivity (Wildman–Crippen MR) is 116 cm³/mol. The molecule has 0 aromatic heterocycles. The molecule has 8 atom stereocenters. The Balaban J connectivity index is 1.49. The predicted octanol–water partition coefficient (Wildman–Crippen LogP) is 3.69. The zero-order valence-electron chi connectivity index (χ0n) is 18.9. The van der Waals surface area contributed by atoms with Crippen molar-refractivity contribution in [2.75, 3.05) is 27.2 Å². The van der Waals surface area contributed by atoms with Crippen molar-refractivity contribution in [3.05, 3.63) is 0 Å². The molecule has 29 heavy (non-hydrogen) atoms. The summed E-state index contributed by atoms with van der Waals surface area (Å²) in [5, 5.41) is 26.6. The third-order valence-electron chi connectivity index (χ3n) is 9.84. The molecule has 0 heterocycles. The summed E-state index contributed by atoms with van der Waals surface area (Å²) in [6.07, 6.45) is 11.4. The van der Waals surface area contributed by atoms with Gasteiger partial charge in [0.25, 0.3) is 0 Å². The number of oxime groups is 1. The van der Waals surface area contributed by atoms with E-state index in [0.717, 1.165) is 51.5 Å². The fourth-order valence-corrected chi connectivity index (χ4v) is 7.88. The highest BCUT2D eigenvalue weighted by Gasteiger charge is 2.66. The summed E-state index contributed by atoms with van der Waals surface area (Å²) in [4.78, 5) is 7.58. The van der Waals surface area contributed by atoms with Gasteiger partial charge in [-0.15, -0.1) is 0 Å². The summed E-state index contributed by atoms with van der Waals surface area (Å²) in [6, 6.07) is 0. The van der Waals surface area contributed by atoms with Crippen LogP contribution >= 0.6 is 0 Å². The van der Waals surface area contributed by atoms with Gasteiger partial charge in [0.2, 0.25) is 0 Å². The molecule has 5 nitrogen and oxygen atoms in total. The average molecular weight is 407 g/mol. The Bertz CT molecular complexity index is 625. The van der Waals surface area contributed by atoms with Crippen LogP contribution < -0.4 is 0 Å². The van der Waals surface area contributed by atoms with Gasteiger partial charge < -0.3 is 20.0 Å². The minimum absolute atomic E-state index is 0.0973. The standard InChI is InChI=1S/C24H42N2O3/c1-22-10-8-19(27)15-17(22)5-6-21-20(22)9-11-23(2)18(7-12-24(21,23)28)16-25-29-14-13-26(3)4/h16-21,27-28H,5-15H2,1-4H3/b25-16+/t17?,18?,19?,20-,21-,22+,23-,24-/m1/s1. The molecular formula is C24H42N2O3. The lowest BCUT2D eigenvalue weighted by molar-refractivity contribution is -0.206. The molecule has 4 aliphatic rings. The minimum Gasteiger partial charge on any atom is -0.395 e. The minimum atomic E-state index is -0.583. The smallest absolute Gasteiger partial charge is 0.129 e. The van der Waals surface area contributed by atoms with Crippen LogP contribution in [-0.4, -0.2) is 60.3 Å². The first-order chi connectivity index (χ1) is 13.7. The van der Waals surface area contributed by atoms with Gasteiger partial charge in [-0.3, -0.25) is 0 Å². The Hall–Kier alpha value is -0.650. The van der Waals surface area contributed by atoms with Crippen molar-refractivity contribution in [3.63, 3.8) is 0 Å². The average Bonchev–Trinajstić information content (AvgIpc) is 2.93. The number of aliphatic hydroxyl groups excluding tert-OH is 1. The molecule has 0 aromatic carbocycles. The number of likely N-dealkylation sites (N-methyl/N-ethyl adjacent to an activating group) is 1. The van der Waals surface area contributed by atoms with Crippen molar-refractivity contribution >= 4 is 6.21 Å². The molecule has 0 saturated heterocycles. The van der Waals surface area contributed by atoms with Crippen molar-refractivity contribution in [1.82, 2.24) is 4.90 Å². The Kier molecular flexibility index (Phi) is 5.80. The Morgan fingerprint density at radius 2 is 1.83 bits per heavy atom. The number of rotatable bonds is 5. The lowest BCUT2D eigenvalue weighted by Gasteiger charge is -2.63. The molecular weight excluding hydrogens is 364 g/mol. The van der Waals surface area contributed by atoms with Crippen molar-refractivity contribution in [1.29, 1.82) is 0 Å². The Labute approximate surface area is 176 Å². The van der Waals surface area contributed by atoms with Crippen LogP contribution in [0.1, 0.15) is 71.6 Å². The number of hydrogen-bond donors (Lipinski definition) is 2. The molecule has 0 amide bonds. The topological polar surface area (TPSA) is 65.3 Å². The summed E-state index contributed by atoms with van der Waals surface area (Å²) in [5.74, 6) is 1.92. The van der Waals surface area contributed by atoms with E-state index >= 15 is 0 Å². The molecule has 0 radical (unpaired) electrons. The third kappa shape index (κ3) is 3.45. The van der Waals surface area contributed by atoms with Crippen molar-refractivity contribution in [3.8, 4) is 0 Å². The molecule has 4 fully saturated rings. The molecule has 2 N–H and O–H groups in total. The highest BCUT2D eigenvalue weighted by Crippen LogP contribution is 2.68. The summed E-state index contributed by atoms with van der Waals surface area (Å²) in [7, 11) is 4.07. The maximum Gasteiger partial charge on any atom is 0.129 e. The van der Waals surface area contributed by atoms with Gasteiger partial charge in [0, 0.05) is 24.1 Å². The van der Waals surface area contributed by atoms with Gasteiger partial charge in [0.1, 0.15) is 6.61 Å². The van der Waals surface area contributed by atoms with Gasteiger partial charge in [-0.05, 0) is 95.1 Å². The monoisotopic (exact) mass is 406 g/mol. The maximum absolute atomic E-state index is 12.1. The maximum atomic E-state index is 12.1. The van der Waals surface area contributed by atoms with Gasteiger partial charge in [-0.1, -0.05) is 19.0 Å². The number of aliphatic hydroxyl groups is 2. The third-order valence-corrected chi connectivity index (χ3v) is 9.84. The first kappa shape index (κ1) is 21.6. The van der Waals surface area contributed by atoms with E-state index in [1.807, 2.05) is 20.3 Å². The lowest BCUT2D eigenvalue weighted by Crippen LogP contribution is -2.62. The van der Waals surface area contributed by atoms with Gasteiger partial charge >= 0.3 is 0 Å². The van der Waals surface area contributed by atoms with Crippen LogP contribution in [0.4, 0.5) is 0 Å². The largest absolute Gasteiger partial charge is 0.395 e. The summed E-state index contributed by atoms with van der Waals surface area (Å²) >= 11 is 0. The first-order valence-corrected chi connectivity index (χ1v) is 11.9. The SMILES string of the molecule is CN(C)CCO/N=C/C1CC[C@@]2(O)[C@@H]3CCC4CC(O)CC[C@]4(C)[C@@H]3CC[C@]12C. The van der Waals surface area contributed by atoms with Gasteiger partial charge in [0.15, 0.2) is 0 Å². The van der Waals surface area contributed by atoms with E-state index in [0.29, 0.717) is 35.7 Å². The van der Waals surface area contributed by atoms with Crippen LogP contribution in [0.5, 0.6) is 0 Å². The van der Waals surface area contributed by atoms with E-state index < -0.39 is 5.60 Å². The molecule has 0 aromatic rings. The summed E-state index contributed by atoms with van der Waals surface area (Å²) in [5.41, 5.74) is -0.388. The molecule has 4 aliphatic carbocycles. The van der Waals surface area contributed by atoms with E-state index in [9.17, 15) is 10.2 Å². The first-order valence-electron chi connectivity index (χ1n) is 11.9. The van der Waals surface area contributed by atoms with E-state index in [1.54, 1.807) is 0 Å². The van der Waals surface area contributed by atoms with Gasteiger partial charge in [-0.25, -0.2) is 0 Å². The zero-order valence-corrected chi connectivity index (χ0v) is 18.9. The van der Waals surface area contributed by atoms with Crippen LogP contribution in [0, 0.1) is 34.5 Å². The fraction of sp³-hybridized carbons (Fsp3) is 0.958. The number of hydrogen-bond acceptors (Lipinski definition) is 5. The summed E-state index contributed by atoms with van der Waals surface area (Å²) < 4.78 is 0. The highest BCUT2D eigenvalue weighted by molar-refractivity contribution is 5.63. The van der Waals surface area contributed by atoms with Crippen molar-refractivity contribution < 1.29 is 15.1 Å². The highest BCUT2D eigenvalue weighted by atomic mass is 16.6. The molecule has 3 unspecified atom stereocenters. The van der Waals surface area contributed by atoms with Gasteiger partial charge in [0.05, 0.1) is 11.7 Å². The van der Waals surface area contributed by atoms with Gasteiger partial charge in [-0.2, -0.15) is 0 Å². The fourth-order valence-electron chi connectivity index (χ4n) is 7.88. The quantitative estimate of drug-likeness (QED) is 0.415. The van der Waals surface area contributed by atoms with Crippen LogP contribution in [0.25, 0.3) is 0 Å². The molecule has 0 bridgehead atoms. The molecule has 4 rings (SSSR count). The number of nitrogens with zero attached hydrogens (tertiary/aromatic N) is 2. The van der Waals surface area contributed by atoms with Crippen LogP contribution in [-0.2, 0) is 4.84 Å². The second-order valence-electron chi connectivity index (χ2n) is 11.3. The molecule has 0 spiro atoms. The van der Waals surface area contributed by atoms with E-state index in [2.05, 4.69) is 23.9 Å². The van der Waals surface area contributed by atoms with E-state index in [-0.39, 0.29) is 11.5 Å². The van der Waals surface area contributed by atoms with Crippen LogP contribution in [0.3, 0.4) is 0 Å². The van der Waals surface area contributed by atoms with Crippen molar-refractivity contribution in [2.45, 2.75) is 83.3 Å². The molecule has 166 valence electrons. The van der Waals surface area contributed by atoms with Crippen LogP contribution in [0.2, 0.25) is 0 Å². The zero-order chi connectivity index (χ0) is 20.9.